The van der Waals surface area contributed by atoms with Crippen LogP contribution in [0.5, 0.6) is 5.75 Å². The maximum absolute atomic E-state index is 12.5. The third kappa shape index (κ3) is 5.08. The average Bonchev–Trinajstić information content (AvgIpc) is 2.92. The standard InChI is InChI=1S/C21H28BClO5S/c1-3-5-14(10-16-7-8-17(24)11-18(16)23)6-9-19-21-15(4-2)13-29(26,27)20(21)12-22(25)28-19/h7-8,10-11,19-20,24-25H,3-6,9,12-13H2,1-2H3/b14-10+/t19-,20+/m1/s1. The second kappa shape index (κ2) is 9.25. The number of rotatable bonds is 7. The Hall–Kier alpha value is -1.28. The molecule has 0 aromatic heterocycles. The van der Waals surface area contributed by atoms with Gasteiger partial charge >= 0.3 is 7.12 Å². The van der Waals surface area contributed by atoms with E-state index in [1.54, 1.807) is 12.1 Å². The lowest BCUT2D eigenvalue weighted by molar-refractivity contribution is 0.169. The first-order chi connectivity index (χ1) is 13.7. The van der Waals surface area contributed by atoms with E-state index in [-0.39, 0.29) is 23.9 Å². The van der Waals surface area contributed by atoms with E-state index in [9.17, 15) is 18.5 Å². The van der Waals surface area contributed by atoms with E-state index in [1.807, 2.05) is 13.0 Å². The van der Waals surface area contributed by atoms with E-state index >= 15 is 0 Å². The van der Waals surface area contributed by atoms with E-state index in [0.717, 1.165) is 36.0 Å². The number of aromatic hydroxyl groups is 1. The van der Waals surface area contributed by atoms with Gasteiger partial charge in [0.15, 0.2) is 9.84 Å². The molecule has 2 N–H and O–H groups in total. The van der Waals surface area contributed by atoms with Crippen LogP contribution in [0, 0.1) is 0 Å². The summed E-state index contributed by atoms with van der Waals surface area (Å²) in [5.74, 6) is 0.206. The smallest absolute Gasteiger partial charge is 0.456 e. The minimum Gasteiger partial charge on any atom is -0.508 e. The first kappa shape index (κ1) is 22.4. The molecule has 0 unspecified atom stereocenters. The van der Waals surface area contributed by atoms with Crippen molar-refractivity contribution in [3.63, 3.8) is 0 Å². The molecule has 1 saturated heterocycles. The molecule has 5 nitrogen and oxygen atoms in total. The van der Waals surface area contributed by atoms with Gasteiger partial charge in [0, 0.05) is 6.32 Å². The zero-order valence-electron chi connectivity index (χ0n) is 16.9. The molecule has 1 fully saturated rings. The normalized spacial score (nSPS) is 24.1. The van der Waals surface area contributed by atoms with Crippen molar-refractivity contribution in [3.05, 3.63) is 45.5 Å². The van der Waals surface area contributed by atoms with Crippen LogP contribution >= 0.6 is 11.6 Å². The van der Waals surface area contributed by atoms with E-state index in [4.69, 9.17) is 16.3 Å². The van der Waals surface area contributed by atoms with Crippen molar-refractivity contribution >= 4 is 34.6 Å². The highest BCUT2D eigenvalue weighted by Crippen LogP contribution is 2.40. The SMILES string of the molecule is CCC/C(=C\c1ccc(O)cc1Cl)CC[C@H]1OB(O)C[C@H]2C1=C(CC)CS2(=O)=O. The molecule has 0 spiro atoms. The van der Waals surface area contributed by atoms with Crippen LogP contribution in [-0.2, 0) is 14.5 Å². The van der Waals surface area contributed by atoms with Gasteiger partial charge in [0.25, 0.3) is 0 Å². The Bertz CT molecular complexity index is 925. The monoisotopic (exact) mass is 438 g/mol. The molecule has 0 radical (unpaired) electrons. The summed E-state index contributed by atoms with van der Waals surface area (Å²) in [4.78, 5) is 0. The lowest BCUT2D eigenvalue weighted by Gasteiger charge is -2.32. The van der Waals surface area contributed by atoms with E-state index < -0.39 is 22.2 Å². The van der Waals surface area contributed by atoms with Gasteiger partial charge in [-0.2, -0.15) is 0 Å². The summed E-state index contributed by atoms with van der Waals surface area (Å²) in [7, 11) is -4.30. The molecule has 3 rings (SSSR count). The second-order valence-electron chi connectivity index (χ2n) is 7.82. The van der Waals surface area contributed by atoms with Gasteiger partial charge in [-0.25, -0.2) is 8.42 Å². The highest BCUT2D eigenvalue weighted by atomic mass is 35.5. The van der Waals surface area contributed by atoms with Crippen molar-refractivity contribution in [2.75, 3.05) is 5.75 Å². The maximum atomic E-state index is 12.5. The molecule has 158 valence electrons. The van der Waals surface area contributed by atoms with Crippen LogP contribution in [0.2, 0.25) is 11.3 Å². The van der Waals surface area contributed by atoms with Gasteiger partial charge in [-0.05, 0) is 55.0 Å². The summed E-state index contributed by atoms with van der Waals surface area (Å²) in [6, 6.07) is 4.91. The van der Waals surface area contributed by atoms with Gasteiger partial charge in [0.05, 0.1) is 22.1 Å². The van der Waals surface area contributed by atoms with Crippen molar-refractivity contribution in [1.82, 2.24) is 0 Å². The third-order valence-corrected chi connectivity index (χ3v) is 8.11. The van der Waals surface area contributed by atoms with Crippen molar-refractivity contribution in [3.8, 4) is 5.75 Å². The predicted octanol–water partition coefficient (Wildman–Crippen LogP) is 4.39. The minimum atomic E-state index is -3.25. The van der Waals surface area contributed by atoms with Crippen molar-refractivity contribution in [2.24, 2.45) is 0 Å². The number of halogens is 1. The zero-order valence-corrected chi connectivity index (χ0v) is 18.5. The number of fused-ring (bicyclic) bond motifs is 1. The minimum absolute atomic E-state index is 0.0802. The van der Waals surface area contributed by atoms with Crippen LogP contribution in [0.3, 0.4) is 0 Å². The number of hydrogen-bond acceptors (Lipinski definition) is 5. The van der Waals surface area contributed by atoms with Crippen LogP contribution in [0.4, 0.5) is 0 Å². The number of sulfone groups is 1. The van der Waals surface area contributed by atoms with Gasteiger partial charge < -0.3 is 14.8 Å². The van der Waals surface area contributed by atoms with Gasteiger partial charge in [-0.3, -0.25) is 0 Å². The van der Waals surface area contributed by atoms with Gasteiger partial charge in [-0.1, -0.05) is 49.1 Å². The number of hydrogen-bond donors (Lipinski definition) is 2. The van der Waals surface area contributed by atoms with Gasteiger partial charge in [0.1, 0.15) is 5.75 Å². The van der Waals surface area contributed by atoms with Crippen LogP contribution < -0.4 is 0 Å². The fourth-order valence-electron chi connectivity index (χ4n) is 4.35. The zero-order chi connectivity index (χ0) is 21.2. The molecule has 2 heterocycles. The average molecular weight is 439 g/mol. The van der Waals surface area contributed by atoms with Crippen molar-refractivity contribution < 1.29 is 23.2 Å². The first-order valence-electron chi connectivity index (χ1n) is 10.2. The van der Waals surface area contributed by atoms with E-state index in [2.05, 4.69) is 6.92 Å². The molecule has 1 aromatic carbocycles. The summed E-state index contributed by atoms with van der Waals surface area (Å²) in [6.45, 7) is 4.07. The number of phenols is 1. The van der Waals surface area contributed by atoms with Gasteiger partial charge in [0.2, 0.25) is 0 Å². The predicted molar refractivity (Wildman–Crippen MR) is 118 cm³/mol. The number of allylic oxidation sites excluding steroid dienone is 1. The quantitative estimate of drug-likeness (QED) is 0.487. The van der Waals surface area contributed by atoms with Crippen molar-refractivity contribution in [2.45, 2.75) is 63.6 Å². The molecule has 2 atom stereocenters. The molecular formula is C21H28BClO5S. The fourth-order valence-corrected chi connectivity index (χ4v) is 6.80. The summed E-state index contributed by atoms with van der Waals surface area (Å²) in [5.41, 5.74) is 3.83. The lowest BCUT2D eigenvalue weighted by Crippen LogP contribution is -2.41. The molecule has 0 saturated carbocycles. The first-order valence-corrected chi connectivity index (χ1v) is 12.3. The Balaban J connectivity index is 1.82. The van der Waals surface area contributed by atoms with E-state index in [0.29, 0.717) is 17.9 Å². The molecule has 0 amide bonds. The highest BCUT2D eigenvalue weighted by molar-refractivity contribution is 7.92. The molecule has 0 aliphatic carbocycles. The molecule has 0 bridgehead atoms. The van der Waals surface area contributed by atoms with Gasteiger partial charge in [-0.15, -0.1) is 0 Å². The second-order valence-corrected chi connectivity index (χ2v) is 10.4. The largest absolute Gasteiger partial charge is 0.508 e. The summed E-state index contributed by atoms with van der Waals surface area (Å²) in [6.07, 6.45) is 5.64. The fraction of sp³-hybridized carbons (Fsp3) is 0.524. The lowest BCUT2D eigenvalue weighted by atomic mass is 9.74. The summed E-state index contributed by atoms with van der Waals surface area (Å²) in [5, 5.41) is 19.5. The maximum Gasteiger partial charge on any atom is 0.456 e. The molecule has 8 heteroatoms. The number of phenolic OH excluding ortho intramolecular Hbond substituents is 1. The van der Waals surface area contributed by atoms with E-state index in [1.165, 1.54) is 11.6 Å². The molecule has 2 aliphatic rings. The summed E-state index contributed by atoms with van der Waals surface area (Å²) >= 11 is 6.25. The molecule has 29 heavy (non-hydrogen) atoms. The van der Waals surface area contributed by atoms with Crippen LogP contribution in [0.1, 0.15) is 51.5 Å². The third-order valence-electron chi connectivity index (χ3n) is 5.72. The Morgan fingerprint density at radius 1 is 1.34 bits per heavy atom. The van der Waals surface area contributed by atoms with Crippen LogP contribution in [-0.4, -0.2) is 42.8 Å². The van der Waals surface area contributed by atoms with Crippen LogP contribution in [0.15, 0.2) is 34.9 Å². The number of benzene rings is 1. The highest BCUT2D eigenvalue weighted by Gasteiger charge is 2.47. The topological polar surface area (TPSA) is 83.8 Å². The Labute approximate surface area is 178 Å². The summed E-state index contributed by atoms with van der Waals surface area (Å²) < 4.78 is 30.9. The Morgan fingerprint density at radius 2 is 2.10 bits per heavy atom. The molecular weight excluding hydrogens is 411 g/mol. The van der Waals surface area contributed by atoms with Crippen LogP contribution in [0.25, 0.3) is 6.08 Å². The molecule has 1 aromatic rings. The Kier molecular flexibility index (Phi) is 7.15. The Morgan fingerprint density at radius 3 is 2.76 bits per heavy atom. The molecule has 2 aliphatic heterocycles. The van der Waals surface area contributed by atoms with Crippen molar-refractivity contribution in [1.29, 1.82) is 0 Å².